The zero-order valence-corrected chi connectivity index (χ0v) is 13.2. The highest BCUT2D eigenvalue weighted by Crippen LogP contribution is 2.40. The fourth-order valence-electron chi connectivity index (χ4n) is 3.69. The average Bonchev–Trinajstić information content (AvgIpc) is 2.46. The number of piperidine rings is 1. The van der Waals surface area contributed by atoms with Crippen LogP contribution in [-0.4, -0.2) is 23.9 Å². The minimum atomic E-state index is 0.163. The van der Waals surface area contributed by atoms with Gasteiger partial charge in [0.1, 0.15) is 0 Å². The van der Waals surface area contributed by atoms with E-state index in [-0.39, 0.29) is 11.8 Å². The van der Waals surface area contributed by atoms with Crippen molar-refractivity contribution in [2.24, 2.45) is 23.2 Å². The Bertz CT molecular complexity index is 375. The molecule has 3 nitrogen and oxygen atoms in total. The van der Waals surface area contributed by atoms with Gasteiger partial charge in [0.05, 0.1) is 6.07 Å². The summed E-state index contributed by atoms with van der Waals surface area (Å²) >= 11 is 0. The summed E-state index contributed by atoms with van der Waals surface area (Å²) in [7, 11) is 0. The standard InChI is InChI=1S/C17H28N2O/c1-17(2,3)15-6-4-14(5-7-15)16(20)19-10-8-13(12-18)9-11-19/h13-15H,4-11H2,1-3H3. The Morgan fingerprint density at radius 2 is 1.60 bits per heavy atom. The molecule has 1 amide bonds. The third-order valence-electron chi connectivity index (χ3n) is 5.29. The molecule has 1 aliphatic carbocycles. The summed E-state index contributed by atoms with van der Waals surface area (Å²) in [5, 5.41) is 8.92. The van der Waals surface area contributed by atoms with Crippen LogP contribution in [0, 0.1) is 34.5 Å². The molecule has 1 saturated heterocycles. The van der Waals surface area contributed by atoms with E-state index in [1.54, 1.807) is 0 Å². The van der Waals surface area contributed by atoms with Gasteiger partial charge in [0.25, 0.3) is 0 Å². The summed E-state index contributed by atoms with van der Waals surface area (Å²) in [5.41, 5.74) is 0.374. The molecule has 0 aromatic carbocycles. The SMILES string of the molecule is CC(C)(C)C1CCC(C(=O)N2CCC(C#N)CC2)CC1. The highest BCUT2D eigenvalue weighted by molar-refractivity contribution is 5.79. The summed E-state index contributed by atoms with van der Waals surface area (Å²) < 4.78 is 0. The first kappa shape index (κ1) is 15.4. The van der Waals surface area contributed by atoms with Crippen molar-refractivity contribution in [2.45, 2.75) is 59.3 Å². The number of nitriles is 1. The van der Waals surface area contributed by atoms with Crippen LogP contribution in [0.5, 0.6) is 0 Å². The molecule has 0 unspecified atom stereocenters. The van der Waals surface area contributed by atoms with Crippen LogP contribution in [0.3, 0.4) is 0 Å². The smallest absolute Gasteiger partial charge is 0.225 e. The van der Waals surface area contributed by atoms with Crippen molar-refractivity contribution < 1.29 is 4.79 Å². The lowest BCUT2D eigenvalue weighted by molar-refractivity contribution is -0.138. The van der Waals surface area contributed by atoms with Gasteiger partial charge in [-0.1, -0.05) is 20.8 Å². The van der Waals surface area contributed by atoms with Gasteiger partial charge in [-0.3, -0.25) is 4.79 Å². The van der Waals surface area contributed by atoms with E-state index >= 15 is 0 Å². The molecule has 0 aromatic rings. The molecule has 1 saturated carbocycles. The van der Waals surface area contributed by atoms with Gasteiger partial charge in [-0.05, 0) is 49.9 Å². The zero-order valence-electron chi connectivity index (χ0n) is 13.2. The maximum Gasteiger partial charge on any atom is 0.225 e. The normalized spacial score (nSPS) is 29.0. The van der Waals surface area contributed by atoms with E-state index in [0.717, 1.165) is 44.7 Å². The molecule has 0 atom stereocenters. The first-order chi connectivity index (χ1) is 9.41. The minimum absolute atomic E-state index is 0.163. The number of amides is 1. The number of hydrogen-bond acceptors (Lipinski definition) is 2. The summed E-state index contributed by atoms with van der Waals surface area (Å²) in [6.07, 6.45) is 6.21. The van der Waals surface area contributed by atoms with Crippen LogP contribution in [-0.2, 0) is 4.79 Å². The number of hydrogen-bond donors (Lipinski definition) is 0. The predicted molar refractivity (Wildman–Crippen MR) is 79.8 cm³/mol. The molecular weight excluding hydrogens is 248 g/mol. The Balaban J connectivity index is 1.82. The molecule has 0 N–H and O–H groups in total. The van der Waals surface area contributed by atoms with E-state index in [2.05, 4.69) is 26.8 Å². The minimum Gasteiger partial charge on any atom is -0.342 e. The van der Waals surface area contributed by atoms with Gasteiger partial charge in [0.2, 0.25) is 5.91 Å². The fourth-order valence-corrected chi connectivity index (χ4v) is 3.69. The predicted octanol–water partition coefficient (Wildman–Crippen LogP) is 3.60. The molecule has 2 fully saturated rings. The largest absolute Gasteiger partial charge is 0.342 e. The lowest BCUT2D eigenvalue weighted by atomic mass is 9.69. The van der Waals surface area contributed by atoms with E-state index < -0.39 is 0 Å². The van der Waals surface area contributed by atoms with Gasteiger partial charge >= 0.3 is 0 Å². The monoisotopic (exact) mass is 276 g/mol. The molecule has 1 aliphatic heterocycles. The topological polar surface area (TPSA) is 44.1 Å². The van der Waals surface area contributed by atoms with Gasteiger partial charge in [-0.15, -0.1) is 0 Å². The van der Waals surface area contributed by atoms with Gasteiger partial charge in [-0.2, -0.15) is 5.26 Å². The van der Waals surface area contributed by atoms with Crippen molar-refractivity contribution in [2.75, 3.05) is 13.1 Å². The first-order valence-corrected chi connectivity index (χ1v) is 8.10. The van der Waals surface area contributed by atoms with Crippen LogP contribution in [0.15, 0.2) is 0 Å². The molecule has 3 heteroatoms. The molecule has 0 aromatic heterocycles. The number of likely N-dealkylation sites (tertiary alicyclic amines) is 1. The molecule has 20 heavy (non-hydrogen) atoms. The van der Waals surface area contributed by atoms with Crippen LogP contribution < -0.4 is 0 Å². The van der Waals surface area contributed by atoms with Crippen molar-refractivity contribution in [1.29, 1.82) is 5.26 Å². The Morgan fingerprint density at radius 1 is 1.05 bits per heavy atom. The molecule has 0 radical (unpaired) electrons. The summed E-state index contributed by atoms with van der Waals surface area (Å²) in [4.78, 5) is 14.6. The molecule has 2 aliphatic rings. The lowest BCUT2D eigenvalue weighted by Gasteiger charge is -2.39. The number of nitrogens with zero attached hydrogens (tertiary/aromatic N) is 2. The Hall–Kier alpha value is -1.04. The van der Waals surface area contributed by atoms with Crippen molar-refractivity contribution >= 4 is 5.91 Å². The molecular formula is C17H28N2O. The number of carbonyl (C=O) groups excluding carboxylic acids is 1. The fraction of sp³-hybridized carbons (Fsp3) is 0.882. The van der Waals surface area contributed by atoms with Gasteiger partial charge in [0.15, 0.2) is 0 Å². The quantitative estimate of drug-likeness (QED) is 0.734. The molecule has 2 rings (SSSR count). The first-order valence-electron chi connectivity index (χ1n) is 8.10. The summed E-state index contributed by atoms with van der Waals surface area (Å²) in [6, 6.07) is 2.33. The third kappa shape index (κ3) is 3.53. The van der Waals surface area contributed by atoms with Crippen LogP contribution in [0.2, 0.25) is 0 Å². The van der Waals surface area contributed by atoms with Crippen LogP contribution in [0.25, 0.3) is 0 Å². The number of rotatable bonds is 1. The van der Waals surface area contributed by atoms with Crippen molar-refractivity contribution in [3.8, 4) is 6.07 Å². The van der Waals surface area contributed by atoms with Crippen molar-refractivity contribution in [3.63, 3.8) is 0 Å². The van der Waals surface area contributed by atoms with Crippen LogP contribution in [0.1, 0.15) is 59.3 Å². The second kappa shape index (κ2) is 6.16. The van der Waals surface area contributed by atoms with Gasteiger partial charge < -0.3 is 4.90 Å². The highest BCUT2D eigenvalue weighted by Gasteiger charge is 2.34. The molecule has 0 spiro atoms. The van der Waals surface area contributed by atoms with Gasteiger partial charge in [0, 0.05) is 24.9 Å². The second-order valence-corrected chi connectivity index (χ2v) is 7.64. The zero-order chi connectivity index (χ0) is 14.8. The molecule has 112 valence electrons. The maximum atomic E-state index is 12.5. The molecule has 1 heterocycles. The average molecular weight is 276 g/mol. The van der Waals surface area contributed by atoms with Crippen molar-refractivity contribution in [1.82, 2.24) is 4.90 Å². The van der Waals surface area contributed by atoms with E-state index in [1.165, 1.54) is 12.8 Å². The Labute approximate surface area is 123 Å². The third-order valence-corrected chi connectivity index (χ3v) is 5.29. The number of carbonyl (C=O) groups is 1. The van der Waals surface area contributed by atoms with E-state index in [9.17, 15) is 4.79 Å². The van der Waals surface area contributed by atoms with Crippen molar-refractivity contribution in [3.05, 3.63) is 0 Å². The van der Waals surface area contributed by atoms with E-state index in [0.29, 0.717) is 11.3 Å². The Kier molecular flexibility index (Phi) is 4.73. The van der Waals surface area contributed by atoms with Gasteiger partial charge in [-0.25, -0.2) is 0 Å². The maximum absolute atomic E-state index is 12.5. The summed E-state index contributed by atoms with van der Waals surface area (Å²) in [5.74, 6) is 1.52. The van der Waals surface area contributed by atoms with E-state index in [1.807, 2.05) is 4.90 Å². The lowest BCUT2D eigenvalue weighted by Crippen LogP contribution is -2.43. The van der Waals surface area contributed by atoms with Crippen LogP contribution >= 0.6 is 0 Å². The molecule has 0 bridgehead atoms. The van der Waals surface area contributed by atoms with Crippen LogP contribution in [0.4, 0.5) is 0 Å². The summed E-state index contributed by atoms with van der Waals surface area (Å²) in [6.45, 7) is 8.51. The van der Waals surface area contributed by atoms with E-state index in [4.69, 9.17) is 5.26 Å². The Morgan fingerprint density at radius 3 is 2.05 bits per heavy atom. The second-order valence-electron chi connectivity index (χ2n) is 7.64. The highest BCUT2D eigenvalue weighted by atomic mass is 16.2.